The second kappa shape index (κ2) is 24.9. The van der Waals surface area contributed by atoms with Crippen LogP contribution in [0, 0.1) is 12.8 Å². The first-order valence-corrected chi connectivity index (χ1v) is 15.2. The van der Waals surface area contributed by atoms with E-state index in [0.717, 1.165) is 18.8 Å². The van der Waals surface area contributed by atoms with E-state index in [1.54, 1.807) is 5.57 Å². The van der Waals surface area contributed by atoms with Crippen molar-refractivity contribution >= 4 is 0 Å². The molecule has 0 nitrogen and oxygen atoms in total. The molecule has 0 saturated carbocycles. The Morgan fingerprint density at radius 3 is 2.03 bits per heavy atom. The standard InChI is InChI=1S/C21H26.C8H18.C7H16/c1-3-19(17-21-15-13-18(2)14-16-21)11-8-12-20-9-6-4-5-7-10-20;1-4-6-8(3)7-5-2;1-3-5-7-6-4-2/h3-4,6-7,9-10,13-16H,5,8,11-12,17H2,1-2H3;8H,4-7H2,1-3H3;3-7H2,1-2H3/b19-3-;;. The molecule has 204 valence electrons. The Morgan fingerprint density at radius 2 is 1.47 bits per heavy atom. The van der Waals surface area contributed by atoms with E-state index in [1.807, 2.05) is 0 Å². The van der Waals surface area contributed by atoms with E-state index in [9.17, 15) is 0 Å². The third-order valence-electron chi connectivity index (χ3n) is 6.74. The van der Waals surface area contributed by atoms with Crippen molar-refractivity contribution in [3.05, 3.63) is 83.0 Å². The van der Waals surface area contributed by atoms with E-state index >= 15 is 0 Å². The zero-order chi connectivity index (χ0) is 26.9. The Bertz CT molecular complexity index is 716. The summed E-state index contributed by atoms with van der Waals surface area (Å²) in [4.78, 5) is 0. The molecule has 0 aromatic heterocycles. The summed E-state index contributed by atoms with van der Waals surface area (Å²) in [6.07, 6.45) is 31.7. The minimum Gasteiger partial charge on any atom is -0.0881 e. The molecule has 2 rings (SSSR count). The fourth-order valence-electron chi connectivity index (χ4n) is 4.42. The van der Waals surface area contributed by atoms with Gasteiger partial charge in [0, 0.05) is 0 Å². The van der Waals surface area contributed by atoms with Gasteiger partial charge < -0.3 is 0 Å². The molecule has 0 radical (unpaired) electrons. The van der Waals surface area contributed by atoms with Gasteiger partial charge in [-0.15, -0.1) is 0 Å². The predicted molar refractivity (Wildman–Crippen MR) is 167 cm³/mol. The first-order valence-electron chi connectivity index (χ1n) is 15.2. The fourth-order valence-corrected chi connectivity index (χ4v) is 4.42. The zero-order valence-electron chi connectivity index (χ0n) is 25.3. The molecular weight excluding hydrogens is 432 g/mol. The van der Waals surface area contributed by atoms with Gasteiger partial charge in [0.2, 0.25) is 0 Å². The van der Waals surface area contributed by atoms with Gasteiger partial charge in [0.25, 0.3) is 0 Å². The van der Waals surface area contributed by atoms with E-state index < -0.39 is 0 Å². The van der Waals surface area contributed by atoms with Gasteiger partial charge in [-0.25, -0.2) is 0 Å². The SMILES string of the molecule is C/C=C(/CCCC1=CC=CCC=C1)Cc1ccc(C)cc1.CCCC(C)CCC.CCCCCCC. The molecule has 0 bridgehead atoms. The van der Waals surface area contributed by atoms with Crippen LogP contribution in [-0.2, 0) is 6.42 Å². The Morgan fingerprint density at radius 1 is 0.833 bits per heavy atom. The van der Waals surface area contributed by atoms with Crippen molar-refractivity contribution in [2.45, 2.75) is 138 Å². The van der Waals surface area contributed by atoms with Crippen LogP contribution in [0.1, 0.15) is 136 Å². The summed E-state index contributed by atoms with van der Waals surface area (Å²) < 4.78 is 0. The van der Waals surface area contributed by atoms with E-state index in [4.69, 9.17) is 0 Å². The van der Waals surface area contributed by atoms with Crippen molar-refractivity contribution in [2.24, 2.45) is 5.92 Å². The summed E-state index contributed by atoms with van der Waals surface area (Å²) in [7, 11) is 0. The Kier molecular flexibility index (Phi) is 23.6. The third kappa shape index (κ3) is 20.4. The van der Waals surface area contributed by atoms with Crippen LogP contribution in [0.25, 0.3) is 0 Å². The van der Waals surface area contributed by atoms with Crippen LogP contribution in [0.15, 0.2) is 71.9 Å². The Labute approximate surface area is 227 Å². The first kappa shape index (κ1) is 34.2. The van der Waals surface area contributed by atoms with Gasteiger partial charge in [0.15, 0.2) is 0 Å². The van der Waals surface area contributed by atoms with Gasteiger partial charge in [-0.2, -0.15) is 0 Å². The third-order valence-corrected chi connectivity index (χ3v) is 6.74. The fraction of sp³-hybridized carbons (Fsp3) is 0.611. The first-order chi connectivity index (χ1) is 17.5. The van der Waals surface area contributed by atoms with Crippen molar-refractivity contribution in [3.63, 3.8) is 0 Å². The maximum Gasteiger partial charge on any atom is -0.00672 e. The molecular formula is C36H60. The number of benzene rings is 1. The maximum absolute atomic E-state index is 2.34. The molecule has 36 heavy (non-hydrogen) atoms. The van der Waals surface area contributed by atoms with Crippen LogP contribution < -0.4 is 0 Å². The number of aryl methyl sites for hydroxylation is 1. The van der Waals surface area contributed by atoms with Gasteiger partial charge >= 0.3 is 0 Å². The molecule has 0 heterocycles. The summed E-state index contributed by atoms with van der Waals surface area (Å²) in [5.74, 6) is 0.963. The zero-order valence-corrected chi connectivity index (χ0v) is 25.3. The highest BCUT2D eigenvalue weighted by Gasteiger charge is 2.01. The van der Waals surface area contributed by atoms with E-state index in [0.29, 0.717) is 0 Å². The van der Waals surface area contributed by atoms with E-state index in [2.05, 4.69) is 109 Å². The quantitative estimate of drug-likeness (QED) is 0.179. The molecule has 1 aromatic rings. The number of hydrogen-bond donors (Lipinski definition) is 0. The van der Waals surface area contributed by atoms with Gasteiger partial charge in [-0.3, -0.25) is 0 Å². The second-order valence-corrected chi connectivity index (χ2v) is 10.5. The van der Waals surface area contributed by atoms with Gasteiger partial charge in [-0.05, 0) is 63.0 Å². The predicted octanol–water partition coefficient (Wildman–Crippen LogP) is 12.3. The largest absolute Gasteiger partial charge is 0.0881 e. The highest BCUT2D eigenvalue weighted by molar-refractivity contribution is 5.28. The molecule has 0 fully saturated rings. The maximum atomic E-state index is 2.34. The average Bonchev–Trinajstić information content (AvgIpc) is 3.15. The monoisotopic (exact) mass is 492 g/mol. The second-order valence-electron chi connectivity index (χ2n) is 10.5. The molecule has 0 N–H and O–H groups in total. The molecule has 0 heteroatoms. The van der Waals surface area contributed by atoms with Crippen LogP contribution in [0.3, 0.4) is 0 Å². The smallest absolute Gasteiger partial charge is 0.00672 e. The van der Waals surface area contributed by atoms with Gasteiger partial charge in [-0.1, -0.05) is 164 Å². The lowest BCUT2D eigenvalue weighted by molar-refractivity contribution is 0.480. The Balaban J connectivity index is 0.000000673. The Hall–Kier alpha value is -1.82. The topological polar surface area (TPSA) is 0 Å². The minimum absolute atomic E-state index is 0.963. The molecule has 0 spiro atoms. The van der Waals surface area contributed by atoms with Crippen LogP contribution in [0.4, 0.5) is 0 Å². The normalized spacial score (nSPS) is 12.9. The molecule has 0 unspecified atom stereocenters. The lowest BCUT2D eigenvalue weighted by Crippen LogP contribution is -1.92. The lowest BCUT2D eigenvalue weighted by Gasteiger charge is -2.08. The molecule has 1 aliphatic rings. The van der Waals surface area contributed by atoms with E-state index in [1.165, 1.54) is 93.7 Å². The van der Waals surface area contributed by atoms with Gasteiger partial charge in [0.1, 0.15) is 0 Å². The van der Waals surface area contributed by atoms with Crippen LogP contribution >= 0.6 is 0 Å². The minimum atomic E-state index is 0.963. The summed E-state index contributed by atoms with van der Waals surface area (Å²) >= 11 is 0. The van der Waals surface area contributed by atoms with Crippen molar-refractivity contribution in [1.29, 1.82) is 0 Å². The van der Waals surface area contributed by atoms with Crippen molar-refractivity contribution in [1.82, 2.24) is 0 Å². The lowest BCUT2D eigenvalue weighted by atomic mass is 9.97. The number of rotatable bonds is 14. The van der Waals surface area contributed by atoms with Crippen LogP contribution in [0.2, 0.25) is 0 Å². The number of allylic oxidation sites excluding steroid dienone is 8. The molecule has 0 aliphatic heterocycles. The molecule has 1 aromatic carbocycles. The number of unbranched alkanes of at least 4 members (excludes halogenated alkanes) is 4. The molecule has 0 atom stereocenters. The highest BCUT2D eigenvalue weighted by atomic mass is 14.1. The van der Waals surface area contributed by atoms with Crippen molar-refractivity contribution in [2.75, 3.05) is 0 Å². The highest BCUT2D eigenvalue weighted by Crippen LogP contribution is 2.19. The van der Waals surface area contributed by atoms with Crippen molar-refractivity contribution < 1.29 is 0 Å². The summed E-state index contributed by atoms with van der Waals surface area (Å²) in [5, 5.41) is 0. The summed E-state index contributed by atoms with van der Waals surface area (Å²) in [6, 6.07) is 8.91. The van der Waals surface area contributed by atoms with Gasteiger partial charge in [0.05, 0.1) is 0 Å². The number of hydrogen-bond acceptors (Lipinski definition) is 0. The molecule has 0 amide bonds. The summed E-state index contributed by atoms with van der Waals surface area (Å²) in [6.45, 7) is 15.6. The van der Waals surface area contributed by atoms with E-state index in [-0.39, 0.29) is 0 Å². The average molecular weight is 493 g/mol. The summed E-state index contributed by atoms with van der Waals surface area (Å²) in [5.41, 5.74) is 5.76. The molecule has 1 aliphatic carbocycles. The van der Waals surface area contributed by atoms with Crippen LogP contribution in [0.5, 0.6) is 0 Å². The van der Waals surface area contributed by atoms with Crippen molar-refractivity contribution in [3.8, 4) is 0 Å². The van der Waals surface area contributed by atoms with Crippen LogP contribution in [-0.4, -0.2) is 0 Å². The molecule has 0 saturated heterocycles.